The number of carbonyl (C=O) groups excluding carboxylic acids is 1. The largest absolute Gasteiger partial charge is 0.349 e. The van der Waals surface area contributed by atoms with Crippen molar-refractivity contribution in [3.05, 3.63) is 29.2 Å². The van der Waals surface area contributed by atoms with Gasteiger partial charge in [-0.25, -0.2) is 9.50 Å². The van der Waals surface area contributed by atoms with Gasteiger partial charge in [0.15, 0.2) is 5.65 Å². The first-order chi connectivity index (χ1) is 8.52. The van der Waals surface area contributed by atoms with Gasteiger partial charge in [0.05, 0.1) is 17.0 Å². The average Bonchev–Trinajstić information content (AvgIpc) is 2.70. The van der Waals surface area contributed by atoms with Gasteiger partial charge in [-0.15, -0.1) is 0 Å². The maximum absolute atomic E-state index is 12.1. The van der Waals surface area contributed by atoms with Crippen molar-refractivity contribution in [1.82, 2.24) is 19.9 Å². The molecule has 0 aliphatic rings. The van der Waals surface area contributed by atoms with E-state index in [9.17, 15) is 4.79 Å². The van der Waals surface area contributed by atoms with Gasteiger partial charge < -0.3 is 5.32 Å². The summed E-state index contributed by atoms with van der Waals surface area (Å²) in [5, 5.41) is 7.27. The molecule has 2 aromatic heterocycles. The first kappa shape index (κ1) is 12.5. The Morgan fingerprint density at radius 3 is 2.89 bits per heavy atom. The predicted molar refractivity (Wildman–Crippen MR) is 69.7 cm³/mol. The van der Waals surface area contributed by atoms with Crippen LogP contribution in [0.4, 0.5) is 0 Å². The van der Waals surface area contributed by atoms with E-state index in [4.69, 9.17) is 0 Å². The van der Waals surface area contributed by atoms with Gasteiger partial charge in [0.2, 0.25) is 0 Å². The number of aromatic nitrogens is 3. The topological polar surface area (TPSA) is 59.3 Å². The second-order valence-corrected chi connectivity index (χ2v) is 4.60. The molecule has 0 radical (unpaired) electrons. The lowest BCUT2D eigenvalue weighted by Crippen LogP contribution is -2.32. The van der Waals surface area contributed by atoms with E-state index in [1.165, 1.54) is 0 Å². The smallest absolute Gasteiger partial charge is 0.254 e. The molecule has 2 heterocycles. The molecule has 1 atom stereocenters. The Balaban J connectivity index is 2.39. The number of nitrogens with one attached hydrogen (secondary N) is 1. The van der Waals surface area contributed by atoms with Gasteiger partial charge in [-0.2, -0.15) is 5.10 Å². The van der Waals surface area contributed by atoms with Crippen LogP contribution in [0, 0.1) is 13.8 Å². The van der Waals surface area contributed by atoms with Crippen LogP contribution in [0.1, 0.15) is 42.0 Å². The van der Waals surface area contributed by atoms with Crippen molar-refractivity contribution >= 4 is 11.6 Å². The van der Waals surface area contributed by atoms with E-state index in [1.54, 1.807) is 10.7 Å². The van der Waals surface area contributed by atoms with Gasteiger partial charge >= 0.3 is 0 Å². The van der Waals surface area contributed by atoms with Gasteiger partial charge in [-0.1, -0.05) is 6.92 Å². The minimum Gasteiger partial charge on any atom is -0.349 e. The summed E-state index contributed by atoms with van der Waals surface area (Å²) in [4.78, 5) is 16.3. The molecule has 5 heteroatoms. The van der Waals surface area contributed by atoms with E-state index in [-0.39, 0.29) is 11.9 Å². The standard InChI is InChI=1S/C13H18N4O/c1-5-8(2)15-13(18)11-7-14-12-6-9(3)16-17(12)10(11)4/h6-8H,5H2,1-4H3,(H,15,18). The van der Waals surface area contributed by atoms with Crippen LogP contribution in [0.25, 0.3) is 5.65 Å². The van der Waals surface area contributed by atoms with Crippen molar-refractivity contribution in [1.29, 1.82) is 0 Å². The van der Waals surface area contributed by atoms with E-state index in [0.29, 0.717) is 5.56 Å². The molecular formula is C13H18N4O. The van der Waals surface area contributed by atoms with E-state index in [0.717, 1.165) is 23.5 Å². The van der Waals surface area contributed by atoms with Crippen LogP contribution >= 0.6 is 0 Å². The molecule has 2 rings (SSSR count). The highest BCUT2D eigenvalue weighted by molar-refractivity contribution is 5.95. The first-order valence-electron chi connectivity index (χ1n) is 6.15. The lowest BCUT2D eigenvalue weighted by Gasteiger charge is -2.12. The molecule has 0 bridgehead atoms. The minimum atomic E-state index is -0.0931. The molecule has 0 aromatic carbocycles. The number of fused-ring (bicyclic) bond motifs is 1. The van der Waals surface area contributed by atoms with Crippen molar-refractivity contribution in [3.8, 4) is 0 Å². The summed E-state index contributed by atoms with van der Waals surface area (Å²) in [6.07, 6.45) is 2.52. The zero-order chi connectivity index (χ0) is 13.3. The van der Waals surface area contributed by atoms with Crippen LogP contribution in [-0.2, 0) is 0 Å². The van der Waals surface area contributed by atoms with Gasteiger partial charge in [0, 0.05) is 18.3 Å². The third-order valence-electron chi connectivity index (χ3n) is 3.08. The van der Waals surface area contributed by atoms with Gasteiger partial charge in [0.1, 0.15) is 0 Å². The molecule has 0 saturated carbocycles. The van der Waals surface area contributed by atoms with Crippen molar-refractivity contribution in [3.63, 3.8) is 0 Å². The molecule has 18 heavy (non-hydrogen) atoms. The molecule has 1 N–H and O–H groups in total. The first-order valence-corrected chi connectivity index (χ1v) is 6.15. The zero-order valence-electron chi connectivity index (χ0n) is 11.2. The molecule has 0 aliphatic heterocycles. The Morgan fingerprint density at radius 2 is 2.22 bits per heavy atom. The maximum Gasteiger partial charge on any atom is 0.254 e. The highest BCUT2D eigenvalue weighted by Crippen LogP contribution is 2.11. The third kappa shape index (κ3) is 2.20. The number of amides is 1. The number of aryl methyl sites for hydroxylation is 2. The SMILES string of the molecule is CCC(C)NC(=O)c1cnc2cc(C)nn2c1C. The fraction of sp³-hybridized carbons (Fsp3) is 0.462. The number of rotatable bonds is 3. The Morgan fingerprint density at radius 1 is 1.50 bits per heavy atom. The summed E-state index contributed by atoms with van der Waals surface area (Å²) >= 11 is 0. The Labute approximate surface area is 106 Å². The molecule has 1 amide bonds. The average molecular weight is 246 g/mol. The number of nitrogens with zero attached hydrogens (tertiary/aromatic N) is 3. The van der Waals surface area contributed by atoms with E-state index in [1.807, 2.05) is 33.8 Å². The monoisotopic (exact) mass is 246 g/mol. The number of hydrogen-bond donors (Lipinski definition) is 1. The molecule has 1 unspecified atom stereocenters. The van der Waals surface area contributed by atoms with Gasteiger partial charge in [-0.3, -0.25) is 4.79 Å². The van der Waals surface area contributed by atoms with Crippen LogP contribution < -0.4 is 5.32 Å². The Kier molecular flexibility index (Phi) is 3.32. The van der Waals surface area contributed by atoms with Crippen molar-refractivity contribution < 1.29 is 4.79 Å². The maximum atomic E-state index is 12.1. The second-order valence-electron chi connectivity index (χ2n) is 4.60. The van der Waals surface area contributed by atoms with E-state index >= 15 is 0 Å². The summed E-state index contributed by atoms with van der Waals surface area (Å²) in [5.41, 5.74) is 3.05. The van der Waals surface area contributed by atoms with Gasteiger partial charge in [0.25, 0.3) is 5.91 Å². The molecule has 5 nitrogen and oxygen atoms in total. The summed E-state index contributed by atoms with van der Waals surface area (Å²) < 4.78 is 1.71. The minimum absolute atomic E-state index is 0.0931. The fourth-order valence-electron chi connectivity index (χ4n) is 1.79. The third-order valence-corrected chi connectivity index (χ3v) is 3.08. The zero-order valence-corrected chi connectivity index (χ0v) is 11.2. The lowest BCUT2D eigenvalue weighted by atomic mass is 10.2. The molecule has 96 valence electrons. The van der Waals surface area contributed by atoms with Crippen LogP contribution in [0.5, 0.6) is 0 Å². The highest BCUT2D eigenvalue weighted by Gasteiger charge is 2.14. The molecular weight excluding hydrogens is 228 g/mol. The lowest BCUT2D eigenvalue weighted by molar-refractivity contribution is 0.0937. The summed E-state index contributed by atoms with van der Waals surface area (Å²) in [6, 6.07) is 2.05. The van der Waals surface area contributed by atoms with E-state index in [2.05, 4.69) is 15.4 Å². The fourth-order valence-corrected chi connectivity index (χ4v) is 1.79. The van der Waals surface area contributed by atoms with E-state index < -0.39 is 0 Å². The molecule has 0 fully saturated rings. The van der Waals surface area contributed by atoms with Crippen molar-refractivity contribution in [2.75, 3.05) is 0 Å². The molecule has 0 spiro atoms. The predicted octanol–water partition coefficient (Wildman–Crippen LogP) is 1.87. The van der Waals surface area contributed by atoms with Crippen LogP contribution in [-0.4, -0.2) is 26.5 Å². The molecule has 0 aliphatic carbocycles. The van der Waals surface area contributed by atoms with Crippen molar-refractivity contribution in [2.45, 2.75) is 40.2 Å². The highest BCUT2D eigenvalue weighted by atomic mass is 16.1. The van der Waals surface area contributed by atoms with Crippen LogP contribution in [0.3, 0.4) is 0 Å². The van der Waals surface area contributed by atoms with Crippen LogP contribution in [0.15, 0.2) is 12.3 Å². The molecule has 0 saturated heterocycles. The number of hydrogen-bond acceptors (Lipinski definition) is 3. The Hall–Kier alpha value is -1.91. The van der Waals surface area contributed by atoms with Crippen LogP contribution in [0.2, 0.25) is 0 Å². The van der Waals surface area contributed by atoms with Crippen molar-refractivity contribution in [2.24, 2.45) is 0 Å². The quantitative estimate of drug-likeness (QED) is 0.899. The molecule has 2 aromatic rings. The normalized spacial score (nSPS) is 12.7. The Bertz CT molecular complexity index is 588. The summed E-state index contributed by atoms with van der Waals surface area (Å²) in [5.74, 6) is -0.0931. The summed E-state index contributed by atoms with van der Waals surface area (Å²) in [6.45, 7) is 7.81. The van der Waals surface area contributed by atoms with Gasteiger partial charge in [-0.05, 0) is 27.2 Å². The second kappa shape index (κ2) is 4.76. The number of carbonyl (C=O) groups is 1. The summed E-state index contributed by atoms with van der Waals surface area (Å²) in [7, 11) is 0.